The van der Waals surface area contributed by atoms with Crippen LogP contribution in [0.4, 0.5) is 0 Å². The Morgan fingerprint density at radius 1 is 1.14 bits per heavy atom. The van der Waals surface area contributed by atoms with Gasteiger partial charge in [0.05, 0.1) is 0 Å². The van der Waals surface area contributed by atoms with Crippen LogP contribution in [0.3, 0.4) is 0 Å². The molecule has 5 heteroatoms. The van der Waals surface area contributed by atoms with Crippen molar-refractivity contribution in [2.45, 2.75) is 58.4 Å². The molecule has 21 heavy (non-hydrogen) atoms. The third kappa shape index (κ3) is 5.58. The molecule has 4 nitrogen and oxygen atoms in total. The average Bonchev–Trinajstić information content (AvgIpc) is 2.99. The Balaban J connectivity index is 0.00000220. The Morgan fingerprint density at radius 2 is 1.81 bits per heavy atom. The number of likely N-dealkylation sites (tertiary alicyclic amines) is 1. The van der Waals surface area contributed by atoms with Gasteiger partial charge in [-0.05, 0) is 45.4 Å². The van der Waals surface area contributed by atoms with E-state index in [2.05, 4.69) is 41.3 Å². The van der Waals surface area contributed by atoms with E-state index in [0.29, 0.717) is 5.41 Å². The van der Waals surface area contributed by atoms with Gasteiger partial charge >= 0.3 is 0 Å². The number of hydrogen-bond acceptors (Lipinski definition) is 2. The molecule has 1 saturated carbocycles. The van der Waals surface area contributed by atoms with E-state index in [1.807, 2.05) is 7.05 Å². The van der Waals surface area contributed by atoms with Crippen LogP contribution in [-0.2, 0) is 0 Å². The van der Waals surface area contributed by atoms with Crippen LogP contribution >= 0.6 is 24.0 Å². The monoisotopic (exact) mass is 408 g/mol. The zero-order valence-electron chi connectivity index (χ0n) is 14.2. The van der Waals surface area contributed by atoms with Crippen molar-refractivity contribution in [3.05, 3.63) is 0 Å². The summed E-state index contributed by atoms with van der Waals surface area (Å²) in [6, 6.07) is 0. The Hall–Kier alpha value is -0.0400. The van der Waals surface area contributed by atoms with E-state index in [9.17, 15) is 0 Å². The highest BCUT2D eigenvalue weighted by Gasteiger charge is 2.40. The molecule has 0 bridgehead atoms. The van der Waals surface area contributed by atoms with Gasteiger partial charge in [0.15, 0.2) is 5.96 Å². The maximum absolute atomic E-state index is 4.46. The van der Waals surface area contributed by atoms with Crippen molar-refractivity contribution < 1.29 is 0 Å². The standard InChI is InChI=1S/C16H32N4.HI/c1-15(2,3)19-11-10-18-14(17-4)20-12-9-16(13-20)7-5-6-8-16;/h19H,5-13H2,1-4H3,(H,17,18);1H. The second kappa shape index (κ2) is 7.99. The normalized spacial score (nSPS) is 21.7. The fourth-order valence-corrected chi connectivity index (χ4v) is 3.59. The van der Waals surface area contributed by atoms with E-state index in [1.54, 1.807) is 0 Å². The Labute approximate surface area is 147 Å². The largest absolute Gasteiger partial charge is 0.355 e. The van der Waals surface area contributed by atoms with Gasteiger partial charge in [0.25, 0.3) is 0 Å². The van der Waals surface area contributed by atoms with Gasteiger partial charge in [-0.1, -0.05) is 12.8 Å². The predicted octanol–water partition coefficient (Wildman–Crippen LogP) is 2.83. The lowest BCUT2D eigenvalue weighted by Gasteiger charge is -2.26. The van der Waals surface area contributed by atoms with Gasteiger partial charge in [-0.2, -0.15) is 0 Å². The summed E-state index contributed by atoms with van der Waals surface area (Å²) in [6.07, 6.45) is 7.05. The molecule has 0 amide bonds. The van der Waals surface area contributed by atoms with Gasteiger partial charge in [-0.3, -0.25) is 4.99 Å². The smallest absolute Gasteiger partial charge is 0.193 e. The van der Waals surface area contributed by atoms with Crippen LogP contribution in [0.1, 0.15) is 52.9 Å². The summed E-state index contributed by atoms with van der Waals surface area (Å²) >= 11 is 0. The maximum Gasteiger partial charge on any atom is 0.193 e. The van der Waals surface area contributed by atoms with Gasteiger partial charge in [0.1, 0.15) is 0 Å². The van der Waals surface area contributed by atoms with Crippen LogP contribution in [0.5, 0.6) is 0 Å². The molecule has 1 heterocycles. The first kappa shape index (κ1) is 19.0. The van der Waals surface area contributed by atoms with Crippen LogP contribution in [0.2, 0.25) is 0 Å². The van der Waals surface area contributed by atoms with Crippen molar-refractivity contribution >= 4 is 29.9 Å². The van der Waals surface area contributed by atoms with Crippen molar-refractivity contribution in [3.63, 3.8) is 0 Å². The molecular formula is C16H33IN4. The quantitative estimate of drug-likeness (QED) is 0.327. The fraction of sp³-hybridized carbons (Fsp3) is 0.938. The molecule has 2 rings (SSSR count). The summed E-state index contributed by atoms with van der Waals surface area (Å²) < 4.78 is 0. The number of halogens is 1. The van der Waals surface area contributed by atoms with Crippen molar-refractivity contribution in [1.82, 2.24) is 15.5 Å². The lowest BCUT2D eigenvalue weighted by molar-refractivity contribution is 0.309. The van der Waals surface area contributed by atoms with Gasteiger partial charge in [-0.15, -0.1) is 24.0 Å². The molecule has 0 aromatic carbocycles. The van der Waals surface area contributed by atoms with Crippen LogP contribution in [0.25, 0.3) is 0 Å². The molecule has 1 aliphatic heterocycles. The predicted molar refractivity (Wildman–Crippen MR) is 102 cm³/mol. The molecule has 0 aromatic heterocycles. The summed E-state index contributed by atoms with van der Waals surface area (Å²) in [5.41, 5.74) is 0.800. The molecule has 2 aliphatic rings. The van der Waals surface area contributed by atoms with Gasteiger partial charge in [-0.25, -0.2) is 0 Å². The second-order valence-corrected chi connectivity index (χ2v) is 7.53. The first-order valence-electron chi connectivity index (χ1n) is 8.15. The van der Waals surface area contributed by atoms with Gasteiger partial charge in [0, 0.05) is 38.8 Å². The highest BCUT2D eigenvalue weighted by Crippen LogP contribution is 2.45. The third-order valence-electron chi connectivity index (χ3n) is 4.68. The van der Waals surface area contributed by atoms with E-state index in [1.165, 1.54) is 45.2 Å². The van der Waals surface area contributed by atoms with Crippen LogP contribution in [0, 0.1) is 5.41 Å². The highest BCUT2D eigenvalue weighted by atomic mass is 127. The summed E-state index contributed by atoms with van der Waals surface area (Å²) in [5.74, 6) is 1.09. The molecule has 1 spiro atoms. The summed E-state index contributed by atoms with van der Waals surface area (Å²) in [5, 5.41) is 7.01. The second-order valence-electron chi connectivity index (χ2n) is 7.53. The topological polar surface area (TPSA) is 39.7 Å². The lowest BCUT2D eigenvalue weighted by atomic mass is 9.86. The molecule has 124 valence electrons. The number of hydrogen-bond donors (Lipinski definition) is 2. The van der Waals surface area contributed by atoms with Crippen molar-refractivity contribution in [1.29, 1.82) is 0 Å². The minimum atomic E-state index is 0. The van der Waals surface area contributed by atoms with Crippen LogP contribution < -0.4 is 10.6 Å². The number of nitrogens with zero attached hydrogens (tertiary/aromatic N) is 2. The molecule has 0 aromatic rings. The highest BCUT2D eigenvalue weighted by molar-refractivity contribution is 14.0. The minimum Gasteiger partial charge on any atom is -0.355 e. The van der Waals surface area contributed by atoms with Gasteiger partial charge < -0.3 is 15.5 Å². The molecule has 1 saturated heterocycles. The van der Waals surface area contributed by atoms with Gasteiger partial charge in [0.2, 0.25) is 0 Å². The molecule has 0 atom stereocenters. The number of rotatable bonds is 3. The molecule has 1 aliphatic carbocycles. The van der Waals surface area contributed by atoms with E-state index in [0.717, 1.165) is 19.0 Å². The molecular weight excluding hydrogens is 375 g/mol. The minimum absolute atomic E-state index is 0. The molecule has 0 radical (unpaired) electrons. The Bertz CT molecular complexity index is 343. The van der Waals surface area contributed by atoms with Crippen LogP contribution in [-0.4, -0.2) is 49.6 Å². The summed E-state index contributed by atoms with van der Waals surface area (Å²) in [4.78, 5) is 6.92. The van der Waals surface area contributed by atoms with Crippen molar-refractivity contribution in [2.75, 3.05) is 33.2 Å². The zero-order chi connectivity index (χ0) is 14.6. The van der Waals surface area contributed by atoms with E-state index in [4.69, 9.17) is 0 Å². The average molecular weight is 408 g/mol. The van der Waals surface area contributed by atoms with E-state index in [-0.39, 0.29) is 29.5 Å². The molecule has 2 N–H and O–H groups in total. The Kier molecular flexibility index (Phi) is 7.24. The molecule has 0 unspecified atom stereocenters. The third-order valence-corrected chi connectivity index (χ3v) is 4.68. The SMILES string of the molecule is CN=C(NCCNC(C)(C)C)N1CCC2(CCCC2)C1.I. The van der Waals surface area contributed by atoms with Crippen LogP contribution in [0.15, 0.2) is 4.99 Å². The summed E-state index contributed by atoms with van der Waals surface area (Å²) in [7, 11) is 1.90. The number of aliphatic imine (C=N–C) groups is 1. The zero-order valence-corrected chi connectivity index (χ0v) is 16.5. The molecule has 2 fully saturated rings. The fourth-order valence-electron chi connectivity index (χ4n) is 3.59. The lowest BCUT2D eigenvalue weighted by Crippen LogP contribution is -2.45. The van der Waals surface area contributed by atoms with E-state index >= 15 is 0 Å². The number of nitrogens with one attached hydrogen (secondary N) is 2. The first-order valence-corrected chi connectivity index (χ1v) is 8.15. The van der Waals surface area contributed by atoms with Crippen molar-refractivity contribution in [3.8, 4) is 0 Å². The maximum atomic E-state index is 4.46. The number of guanidine groups is 1. The Morgan fingerprint density at radius 3 is 2.38 bits per heavy atom. The first-order chi connectivity index (χ1) is 9.44. The van der Waals surface area contributed by atoms with Crippen molar-refractivity contribution in [2.24, 2.45) is 10.4 Å². The summed E-state index contributed by atoms with van der Waals surface area (Å²) in [6.45, 7) is 10.9. The van der Waals surface area contributed by atoms with E-state index < -0.39 is 0 Å².